The summed E-state index contributed by atoms with van der Waals surface area (Å²) in [5.74, 6) is 0. The molecule has 0 aromatic heterocycles. The van der Waals surface area contributed by atoms with Gasteiger partial charge in [0.2, 0.25) is 0 Å². The zero-order chi connectivity index (χ0) is 21.0. The first-order chi connectivity index (χ1) is 14.1. The monoisotopic (exact) mass is 442 g/mol. The van der Waals surface area contributed by atoms with Crippen molar-refractivity contribution in [1.29, 1.82) is 0 Å². The second-order valence-corrected chi connectivity index (χ2v) is 18.4. The van der Waals surface area contributed by atoms with Gasteiger partial charge in [0.25, 0.3) is 0 Å². The summed E-state index contributed by atoms with van der Waals surface area (Å²) in [7, 11) is -3.26. The Kier molecular flexibility index (Phi) is 12.1. The maximum atomic E-state index is 7.65. The molecule has 0 aromatic rings. The fourth-order valence-electron chi connectivity index (χ4n) is 5.45. The normalized spacial score (nSPS) is 21.5. The van der Waals surface area contributed by atoms with Gasteiger partial charge in [-0.2, -0.15) is 0 Å². The Morgan fingerprint density at radius 3 is 1.21 bits per heavy atom. The molecule has 29 heavy (non-hydrogen) atoms. The molecule has 0 N–H and O–H groups in total. The molecule has 2 fully saturated rings. The summed E-state index contributed by atoms with van der Waals surface area (Å²) in [6.45, 7) is 11.6. The molecule has 0 amide bonds. The predicted molar refractivity (Wildman–Crippen MR) is 130 cm³/mol. The summed E-state index contributed by atoms with van der Waals surface area (Å²) in [4.78, 5) is 0. The lowest BCUT2D eigenvalue weighted by Gasteiger charge is -2.43. The lowest BCUT2D eigenvalue weighted by molar-refractivity contribution is 0.388. The molecule has 0 bridgehead atoms. The minimum Gasteiger partial charge on any atom is -0.455 e. The molecule has 2 saturated heterocycles. The number of rotatable bonds is 20. The Morgan fingerprint density at radius 2 is 0.931 bits per heavy atom. The van der Waals surface area contributed by atoms with E-state index in [1.165, 1.54) is 100 Å². The molecular formula is C24H50O3Si2. The van der Waals surface area contributed by atoms with E-state index in [4.69, 9.17) is 13.6 Å². The predicted octanol–water partition coefficient (Wildman–Crippen LogP) is 7.67. The van der Waals surface area contributed by atoms with E-state index in [0.717, 1.165) is 13.2 Å². The Hall–Kier alpha value is 0.314. The van der Waals surface area contributed by atoms with Crippen molar-refractivity contribution in [2.45, 2.75) is 140 Å². The largest absolute Gasteiger partial charge is 0.455 e. The van der Waals surface area contributed by atoms with Gasteiger partial charge >= 0.3 is 0 Å². The molecule has 0 aliphatic carbocycles. The van der Waals surface area contributed by atoms with Crippen LogP contribution in [0.1, 0.15) is 91.9 Å². The van der Waals surface area contributed by atoms with Crippen LogP contribution < -0.4 is 0 Å². The quantitative estimate of drug-likeness (QED) is 0.110. The van der Waals surface area contributed by atoms with Crippen LogP contribution in [-0.4, -0.2) is 42.1 Å². The number of ether oxygens (including phenoxy) is 2. The molecule has 2 aliphatic heterocycles. The van der Waals surface area contributed by atoms with Crippen LogP contribution >= 0.6 is 0 Å². The maximum Gasteiger partial charge on any atom is 0.179 e. The summed E-state index contributed by atoms with van der Waals surface area (Å²) in [5, 5.41) is 0. The third-order valence-corrected chi connectivity index (χ3v) is 18.5. The van der Waals surface area contributed by atoms with Gasteiger partial charge in [-0.25, -0.2) is 0 Å². The highest BCUT2D eigenvalue weighted by molar-refractivity contribution is 6.87. The second kappa shape index (κ2) is 13.7. The third-order valence-electron chi connectivity index (χ3n) is 6.88. The van der Waals surface area contributed by atoms with E-state index in [1.54, 1.807) is 0 Å². The van der Waals surface area contributed by atoms with Gasteiger partial charge in [0.1, 0.15) is 0 Å². The minimum absolute atomic E-state index is 0.591. The molecule has 2 unspecified atom stereocenters. The van der Waals surface area contributed by atoms with Crippen molar-refractivity contribution >= 4 is 16.6 Å². The van der Waals surface area contributed by atoms with Crippen LogP contribution in [0.15, 0.2) is 0 Å². The van der Waals surface area contributed by atoms with Crippen LogP contribution in [0.25, 0.3) is 0 Å². The topological polar surface area (TPSA) is 34.3 Å². The Morgan fingerprint density at radius 1 is 0.586 bits per heavy atom. The molecule has 2 rings (SSSR count). The van der Waals surface area contributed by atoms with Gasteiger partial charge in [-0.15, -0.1) is 0 Å². The molecule has 0 spiro atoms. The Labute approximate surface area is 183 Å². The van der Waals surface area contributed by atoms with E-state index in [1.807, 2.05) is 0 Å². The maximum absolute atomic E-state index is 7.65. The summed E-state index contributed by atoms with van der Waals surface area (Å²) in [6, 6.07) is 8.36. The summed E-state index contributed by atoms with van der Waals surface area (Å²) in [5.41, 5.74) is 0. The van der Waals surface area contributed by atoms with E-state index >= 15 is 0 Å². The smallest absolute Gasteiger partial charge is 0.179 e. The summed E-state index contributed by atoms with van der Waals surface area (Å²) < 4.78 is 18.5. The highest BCUT2D eigenvalue weighted by Gasteiger charge is 2.43. The van der Waals surface area contributed by atoms with Crippen LogP contribution in [0, 0.1) is 0 Å². The van der Waals surface area contributed by atoms with E-state index < -0.39 is 16.6 Å². The van der Waals surface area contributed by atoms with E-state index in [9.17, 15) is 0 Å². The highest BCUT2D eigenvalue weighted by atomic mass is 28.4. The number of epoxide rings is 2. The first-order valence-electron chi connectivity index (χ1n) is 13.0. The molecule has 2 heterocycles. The third kappa shape index (κ3) is 9.98. The molecule has 2 aliphatic rings. The second-order valence-electron chi connectivity index (χ2n) is 9.87. The van der Waals surface area contributed by atoms with Crippen molar-refractivity contribution in [1.82, 2.24) is 0 Å². The van der Waals surface area contributed by atoms with Gasteiger partial charge in [-0.3, -0.25) is 0 Å². The van der Waals surface area contributed by atoms with E-state index in [-0.39, 0.29) is 0 Å². The molecule has 3 nitrogen and oxygen atoms in total. The lowest BCUT2D eigenvalue weighted by Crippen LogP contribution is -2.51. The molecule has 0 radical (unpaired) electrons. The van der Waals surface area contributed by atoms with Gasteiger partial charge in [0.05, 0.1) is 25.4 Å². The van der Waals surface area contributed by atoms with Gasteiger partial charge in [-0.1, -0.05) is 79.1 Å². The van der Waals surface area contributed by atoms with Gasteiger partial charge in [-0.05, 0) is 49.1 Å². The van der Waals surface area contributed by atoms with E-state index in [0.29, 0.717) is 12.2 Å². The zero-order valence-corrected chi connectivity index (χ0v) is 22.1. The number of hydrogen-bond acceptors (Lipinski definition) is 3. The molecule has 172 valence electrons. The van der Waals surface area contributed by atoms with Crippen molar-refractivity contribution in [2.75, 3.05) is 13.2 Å². The highest BCUT2D eigenvalue weighted by Crippen LogP contribution is 2.38. The molecule has 0 aromatic carbocycles. The molecule has 2 atom stereocenters. The van der Waals surface area contributed by atoms with Gasteiger partial charge < -0.3 is 13.6 Å². The molecule has 0 saturated carbocycles. The van der Waals surface area contributed by atoms with Crippen LogP contribution in [-0.2, 0) is 13.6 Å². The Bertz CT molecular complexity index is 374. The van der Waals surface area contributed by atoms with Crippen molar-refractivity contribution in [3.05, 3.63) is 0 Å². The van der Waals surface area contributed by atoms with Crippen molar-refractivity contribution < 1.29 is 13.6 Å². The van der Waals surface area contributed by atoms with Crippen molar-refractivity contribution in [2.24, 2.45) is 0 Å². The van der Waals surface area contributed by atoms with Gasteiger partial charge in [0, 0.05) is 0 Å². The fraction of sp³-hybridized carbons (Fsp3) is 1.00. The van der Waals surface area contributed by atoms with Crippen LogP contribution in [0.3, 0.4) is 0 Å². The Balaban J connectivity index is 2.01. The average Bonchev–Trinajstić information content (AvgIpc) is 3.59. The van der Waals surface area contributed by atoms with Gasteiger partial charge in [0.15, 0.2) is 16.6 Å². The first-order valence-corrected chi connectivity index (χ1v) is 18.1. The fourth-order valence-corrected chi connectivity index (χ4v) is 18.5. The standard InChI is InChI=1S/C24H50O3Si2/c1-5-15-28(16-6-2,19-11-9-13-23-21-25-23)27-29(17-7-3,18-8-4)20-12-10-14-24-22-26-24/h23-24H,5-22H2,1-4H3. The molecular weight excluding hydrogens is 392 g/mol. The van der Waals surface area contributed by atoms with E-state index in [2.05, 4.69) is 27.7 Å². The molecule has 5 heteroatoms. The van der Waals surface area contributed by atoms with Crippen LogP contribution in [0.4, 0.5) is 0 Å². The average molecular weight is 443 g/mol. The zero-order valence-electron chi connectivity index (χ0n) is 20.1. The summed E-state index contributed by atoms with van der Waals surface area (Å²) >= 11 is 0. The SMILES string of the molecule is CCC[Si](CCC)(CCCCC1CO1)O[Si](CCC)(CCC)CCCCC1CO1. The lowest BCUT2D eigenvalue weighted by atomic mass is 10.2. The van der Waals surface area contributed by atoms with Crippen LogP contribution in [0.5, 0.6) is 0 Å². The van der Waals surface area contributed by atoms with Crippen molar-refractivity contribution in [3.63, 3.8) is 0 Å². The number of hydrogen-bond donors (Lipinski definition) is 0. The van der Waals surface area contributed by atoms with Crippen LogP contribution in [0.2, 0.25) is 36.3 Å². The van der Waals surface area contributed by atoms with Crippen molar-refractivity contribution in [3.8, 4) is 0 Å². The summed E-state index contributed by atoms with van der Waals surface area (Å²) in [6.07, 6.45) is 14.4. The number of unbranched alkanes of at least 4 members (excludes halogenated alkanes) is 2. The minimum atomic E-state index is -1.63. The first kappa shape index (κ1) is 25.6.